The number of amides is 1. The second-order valence-corrected chi connectivity index (χ2v) is 4.64. The van der Waals surface area contributed by atoms with Gasteiger partial charge in [-0.3, -0.25) is 4.79 Å². The molecular formula is C14H15ClN2O2. The van der Waals surface area contributed by atoms with E-state index in [0.717, 1.165) is 10.8 Å². The van der Waals surface area contributed by atoms with E-state index in [-0.39, 0.29) is 12.5 Å². The molecule has 1 atom stereocenters. The minimum Gasteiger partial charge on any atom is -0.391 e. The molecule has 1 heterocycles. The van der Waals surface area contributed by atoms with Crippen molar-refractivity contribution in [3.05, 3.63) is 41.2 Å². The number of aromatic nitrogens is 1. The van der Waals surface area contributed by atoms with Crippen LogP contribution in [0.4, 0.5) is 0 Å². The molecule has 0 fully saturated rings. The van der Waals surface area contributed by atoms with Gasteiger partial charge in [-0.15, -0.1) is 0 Å². The molecule has 0 radical (unpaired) electrons. The van der Waals surface area contributed by atoms with E-state index in [9.17, 15) is 9.90 Å². The molecule has 0 aliphatic rings. The molecule has 100 valence electrons. The summed E-state index contributed by atoms with van der Waals surface area (Å²) in [4.78, 5) is 16.1. The summed E-state index contributed by atoms with van der Waals surface area (Å²) in [5.41, 5.74) is 0.461. The summed E-state index contributed by atoms with van der Waals surface area (Å²) < 4.78 is 0. The normalized spacial score (nSPS) is 12.4. The number of aliphatic hydroxyl groups excluding tert-OH is 1. The van der Waals surface area contributed by atoms with Crippen LogP contribution in [0.5, 0.6) is 0 Å². The van der Waals surface area contributed by atoms with E-state index in [4.69, 9.17) is 11.6 Å². The van der Waals surface area contributed by atoms with Crippen LogP contribution in [0, 0.1) is 0 Å². The first-order chi connectivity index (χ1) is 9.13. The van der Waals surface area contributed by atoms with Crippen molar-refractivity contribution in [1.82, 2.24) is 10.3 Å². The van der Waals surface area contributed by atoms with E-state index in [1.54, 1.807) is 0 Å². The molecule has 2 aromatic rings. The Hall–Kier alpha value is -1.65. The first kappa shape index (κ1) is 13.8. The fourth-order valence-corrected chi connectivity index (χ4v) is 2.00. The molecular weight excluding hydrogens is 264 g/mol. The molecule has 1 aromatic heterocycles. The van der Waals surface area contributed by atoms with Crippen molar-refractivity contribution in [3.8, 4) is 0 Å². The Labute approximate surface area is 116 Å². The molecule has 0 spiro atoms. The van der Waals surface area contributed by atoms with Crippen LogP contribution in [0.3, 0.4) is 0 Å². The highest BCUT2D eigenvalue weighted by Crippen LogP contribution is 2.23. The summed E-state index contributed by atoms with van der Waals surface area (Å²) in [6.07, 6.45) is 1.52. The third-order valence-corrected chi connectivity index (χ3v) is 3.26. The largest absolute Gasteiger partial charge is 0.391 e. The zero-order valence-electron chi connectivity index (χ0n) is 10.6. The van der Waals surface area contributed by atoms with Crippen LogP contribution in [0.1, 0.15) is 23.7 Å². The van der Waals surface area contributed by atoms with Crippen molar-refractivity contribution >= 4 is 28.3 Å². The van der Waals surface area contributed by atoms with Crippen LogP contribution in [0.25, 0.3) is 10.8 Å². The van der Waals surface area contributed by atoms with Gasteiger partial charge in [-0.05, 0) is 11.8 Å². The SMILES string of the molecule is CCC(O)CNC(=O)c1cnc(Cl)c2ccccc12. The fourth-order valence-electron chi connectivity index (χ4n) is 1.79. The van der Waals surface area contributed by atoms with Gasteiger partial charge in [0.15, 0.2) is 0 Å². The molecule has 4 nitrogen and oxygen atoms in total. The highest BCUT2D eigenvalue weighted by atomic mass is 35.5. The molecule has 5 heteroatoms. The zero-order chi connectivity index (χ0) is 13.8. The zero-order valence-corrected chi connectivity index (χ0v) is 11.3. The molecule has 19 heavy (non-hydrogen) atoms. The number of rotatable bonds is 4. The van der Waals surface area contributed by atoms with E-state index < -0.39 is 6.10 Å². The van der Waals surface area contributed by atoms with Gasteiger partial charge in [-0.1, -0.05) is 42.8 Å². The maximum atomic E-state index is 12.1. The number of hydrogen-bond donors (Lipinski definition) is 2. The standard InChI is InChI=1S/C14H15ClN2O2/c1-2-9(18)7-17-14(19)12-8-16-13(15)11-6-4-3-5-10(11)12/h3-6,8-9,18H,2,7H2,1H3,(H,17,19). The fraction of sp³-hybridized carbons (Fsp3) is 0.286. The molecule has 0 aliphatic carbocycles. The van der Waals surface area contributed by atoms with Crippen molar-refractivity contribution in [1.29, 1.82) is 0 Å². The van der Waals surface area contributed by atoms with E-state index in [0.29, 0.717) is 17.1 Å². The molecule has 2 N–H and O–H groups in total. The average Bonchev–Trinajstić information content (AvgIpc) is 2.45. The Morgan fingerprint density at radius 1 is 1.42 bits per heavy atom. The topological polar surface area (TPSA) is 62.2 Å². The van der Waals surface area contributed by atoms with Crippen molar-refractivity contribution in [2.75, 3.05) is 6.54 Å². The third kappa shape index (κ3) is 3.03. The average molecular weight is 279 g/mol. The summed E-state index contributed by atoms with van der Waals surface area (Å²) in [6.45, 7) is 2.09. The highest BCUT2D eigenvalue weighted by Gasteiger charge is 2.13. The maximum absolute atomic E-state index is 12.1. The van der Waals surface area contributed by atoms with Crippen LogP contribution in [0.15, 0.2) is 30.5 Å². The third-order valence-electron chi connectivity index (χ3n) is 2.96. The van der Waals surface area contributed by atoms with Gasteiger partial charge in [0.2, 0.25) is 0 Å². The minimum atomic E-state index is -0.532. The van der Waals surface area contributed by atoms with Crippen molar-refractivity contribution < 1.29 is 9.90 Å². The number of halogens is 1. The lowest BCUT2D eigenvalue weighted by atomic mass is 10.1. The molecule has 0 saturated carbocycles. The summed E-state index contributed by atoms with van der Waals surface area (Å²) in [5.74, 6) is -0.257. The number of carbonyl (C=O) groups excluding carboxylic acids is 1. The first-order valence-corrected chi connectivity index (χ1v) is 6.50. The van der Waals surface area contributed by atoms with E-state index in [1.807, 2.05) is 31.2 Å². The first-order valence-electron chi connectivity index (χ1n) is 6.13. The van der Waals surface area contributed by atoms with Gasteiger partial charge in [0.1, 0.15) is 5.15 Å². The van der Waals surface area contributed by atoms with E-state index in [1.165, 1.54) is 6.20 Å². The van der Waals surface area contributed by atoms with E-state index >= 15 is 0 Å². The summed E-state index contributed by atoms with van der Waals surface area (Å²) >= 11 is 6.00. The second-order valence-electron chi connectivity index (χ2n) is 4.28. The van der Waals surface area contributed by atoms with Crippen molar-refractivity contribution in [3.63, 3.8) is 0 Å². The van der Waals surface area contributed by atoms with Crippen molar-refractivity contribution in [2.45, 2.75) is 19.4 Å². The van der Waals surface area contributed by atoms with Crippen LogP contribution in [-0.2, 0) is 0 Å². The van der Waals surface area contributed by atoms with Gasteiger partial charge in [0.25, 0.3) is 5.91 Å². The van der Waals surface area contributed by atoms with Gasteiger partial charge in [-0.25, -0.2) is 4.98 Å². The highest BCUT2D eigenvalue weighted by molar-refractivity contribution is 6.34. The van der Waals surface area contributed by atoms with Gasteiger partial charge in [-0.2, -0.15) is 0 Å². The maximum Gasteiger partial charge on any atom is 0.253 e. The van der Waals surface area contributed by atoms with Crippen LogP contribution in [-0.4, -0.2) is 28.6 Å². The minimum absolute atomic E-state index is 0.228. The number of carbonyl (C=O) groups is 1. The number of fused-ring (bicyclic) bond motifs is 1. The number of aliphatic hydroxyl groups is 1. The predicted molar refractivity (Wildman–Crippen MR) is 75.4 cm³/mol. The Morgan fingerprint density at radius 3 is 2.79 bits per heavy atom. The molecule has 2 rings (SSSR count). The number of pyridine rings is 1. The smallest absolute Gasteiger partial charge is 0.253 e. The van der Waals surface area contributed by atoms with Crippen LogP contribution in [0.2, 0.25) is 5.15 Å². The Morgan fingerprint density at radius 2 is 2.11 bits per heavy atom. The van der Waals surface area contributed by atoms with Gasteiger partial charge in [0, 0.05) is 18.1 Å². The molecule has 0 bridgehead atoms. The Balaban J connectivity index is 2.30. The number of benzene rings is 1. The van der Waals surface area contributed by atoms with Crippen LogP contribution >= 0.6 is 11.6 Å². The molecule has 0 saturated heterocycles. The lowest BCUT2D eigenvalue weighted by Crippen LogP contribution is -2.31. The lowest BCUT2D eigenvalue weighted by molar-refractivity contribution is 0.0915. The Kier molecular flexibility index (Phi) is 4.35. The molecule has 1 aromatic carbocycles. The molecule has 0 aliphatic heterocycles. The van der Waals surface area contributed by atoms with Gasteiger partial charge in [0.05, 0.1) is 11.7 Å². The van der Waals surface area contributed by atoms with Gasteiger partial charge < -0.3 is 10.4 Å². The summed E-state index contributed by atoms with van der Waals surface area (Å²) in [5, 5.41) is 14.0. The number of nitrogens with one attached hydrogen (secondary N) is 1. The lowest BCUT2D eigenvalue weighted by Gasteiger charge is -2.11. The summed E-state index contributed by atoms with van der Waals surface area (Å²) in [6, 6.07) is 7.34. The quantitative estimate of drug-likeness (QED) is 0.844. The summed E-state index contributed by atoms with van der Waals surface area (Å²) in [7, 11) is 0. The Bertz CT molecular complexity index is 601. The number of hydrogen-bond acceptors (Lipinski definition) is 3. The predicted octanol–water partition coefficient (Wildman–Crippen LogP) is 2.39. The molecule has 1 amide bonds. The van der Waals surface area contributed by atoms with E-state index in [2.05, 4.69) is 10.3 Å². The number of nitrogens with zero attached hydrogens (tertiary/aromatic N) is 1. The van der Waals surface area contributed by atoms with Gasteiger partial charge >= 0.3 is 0 Å². The van der Waals surface area contributed by atoms with Crippen molar-refractivity contribution in [2.24, 2.45) is 0 Å². The monoisotopic (exact) mass is 278 g/mol. The molecule has 1 unspecified atom stereocenters. The second kappa shape index (κ2) is 5.99. The van der Waals surface area contributed by atoms with Crippen LogP contribution < -0.4 is 5.32 Å².